The molecule has 1 aromatic rings. The van der Waals surface area contributed by atoms with E-state index in [4.69, 9.17) is 4.74 Å². The topological polar surface area (TPSA) is 29.5 Å². The van der Waals surface area contributed by atoms with Crippen molar-refractivity contribution >= 4 is 0 Å². The van der Waals surface area contributed by atoms with Gasteiger partial charge in [0.1, 0.15) is 0 Å². The van der Waals surface area contributed by atoms with Crippen molar-refractivity contribution in [2.75, 3.05) is 7.11 Å². The average Bonchev–Trinajstić information content (AvgIpc) is 2.17. The summed E-state index contributed by atoms with van der Waals surface area (Å²) < 4.78 is 5.19. The molecule has 0 aliphatic heterocycles. The third-order valence-electron chi connectivity index (χ3n) is 2.22. The summed E-state index contributed by atoms with van der Waals surface area (Å²) in [7, 11) is 1.68. The second-order valence-corrected chi connectivity index (χ2v) is 3.22. The van der Waals surface area contributed by atoms with Crippen LogP contribution in [0.1, 0.15) is 37.2 Å². The largest absolute Gasteiger partial charge is 0.389 e. The highest BCUT2D eigenvalue weighted by molar-refractivity contribution is 5.26. The number of hydrogen-bond donors (Lipinski definition) is 1. The van der Waals surface area contributed by atoms with Crippen molar-refractivity contribution in [3.8, 4) is 0 Å². The maximum atomic E-state index is 9.36. The zero-order valence-electron chi connectivity index (χ0n) is 8.32. The van der Waals surface area contributed by atoms with Crippen molar-refractivity contribution in [3.05, 3.63) is 35.4 Å². The van der Waals surface area contributed by atoms with Gasteiger partial charge in [0.15, 0.2) is 0 Å². The summed E-state index contributed by atoms with van der Waals surface area (Å²) in [5, 5.41) is 9.36. The molecular weight excluding hydrogens is 164 g/mol. The molecule has 2 unspecified atom stereocenters. The molecule has 0 heterocycles. The van der Waals surface area contributed by atoms with Gasteiger partial charge in [0.05, 0.1) is 12.2 Å². The van der Waals surface area contributed by atoms with E-state index in [1.807, 2.05) is 31.2 Å². The minimum absolute atomic E-state index is 0.0821. The van der Waals surface area contributed by atoms with Crippen molar-refractivity contribution in [2.24, 2.45) is 0 Å². The van der Waals surface area contributed by atoms with Gasteiger partial charge in [0.25, 0.3) is 0 Å². The zero-order chi connectivity index (χ0) is 9.84. The Morgan fingerprint density at radius 2 is 1.85 bits per heavy atom. The van der Waals surface area contributed by atoms with E-state index >= 15 is 0 Å². The summed E-state index contributed by atoms with van der Waals surface area (Å²) >= 11 is 0. The lowest BCUT2D eigenvalue weighted by Gasteiger charge is -2.12. The lowest BCUT2D eigenvalue weighted by Crippen LogP contribution is -1.98. The van der Waals surface area contributed by atoms with Crippen LogP contribution in [0.4, 0.5) is 0 Å². The van der Waals surface area contributed by atoms with Crippen LogP contribution in [0.25, 0.3) is 0 Å². The predicted molar refractivity (Wildman–Crippen MR) is 52.5 cm³/mol. The quantitative estimate of drug-likeness (QED) is 0.774. The van der Waals surface area contributed by atoms with Crippen LogP contribution in [0.2, 0.25) is 0 Å². The van der Waals surface area contributed by atoms with Gasteiger partial charge in [0.2, 0.25) is 0 Å². The molecule has 0 spiro atoms. The summed E-state index contributed by atoms with van der Waals surface area (Å²) in [6.07, 6.45) is -0.331. The standard InChI is InChI=1S/C11H16O2/c1-8(12)10-5-4-6-11(7-10)9(2)13-3/h4-9,12H,1-3H3. The Hall–Kier alpha value is -0.860. The SMILES string of the molecule is COC(C)c1cccc(C(C)O)c1. The number of rotatable bonds is 3. The van der Waals surface area contributed by atoms with E-state index in [0.29, 0.717) is 0 Å². The lowest BCUT2D eigenvalue weighted by molar-refractivity contribution is 0.119. The number of aliphatic hydroxyl groups is 1. The average molecular weight is 180 g/mol. The first kappa shape index (κ1) is 10.2. The monoisotopic (exact) mass is 180 g/mol. The molecule has 0 saturated carbocycles. The van der Waals surface area contributed by atoms with Crippen LogP contribution in [-0.4, -0.2) is 12.2 Å². The molecule has 0 fully saturated rings. The molecule has 0 saturated heterocycles. The maximum absolute atomic E-state index is 9.36. The highest BCUT2D eigenvalue weighted by Gasteiger charge is 2.06. The molecule has 1 N–H and O–H groups in total. The Kier molecular flexibility index (Phi) is 3.46. The van der Waals surface area contributed by atoms with Gasteiger partial charge < -0.3 is 9.84 Å². The normalized spacial score (nSPS) is 15.4. The molecule has 1 aromatic carbocycles. The van der Waals surface area contributed by atoms with Gasteiger partial charge in [-0.1, -0.05) is 24.3 Å². The van der Waals surface area contributed by atoms with Gasteiger partial charge >= 0.3 is 0 Å². The van der Waals surface area contributed by atoms with Gasteiger partial charge in [-0.05, 0) is 25.0 Å². The second kappa shape index (κ2) is 4.40. The molecule has 2 atom stereocenters. The minimum Gasteiger partial charge on any atom is -0.389 e. The predicted octanol–water partition coefficient (Wildman–Crippen LogP) is 2.45. The number of benzene rings is 1. The molecule has 0 bridgehead atoms. The van der Waals surface area contributed by atoms with Crippen LogP contribution >= 0.6 is 0 Å². The highest BCUT2D eigenvalue weighted by atomic mass is 16.5. The summed E-state index contributed by atoms with van der Waals surface area (Å²) in [5.74, 6) is 0. The molecule has 0 aliphatic rings. The summed E-state index contributed by atoms with van der Waals surface area (Å²) in [4.78, 5) is 0. The van der Waals surface area contributed by atoms with Crippen molar-refractivity contribution in [2.45, 2.75) is 26.1 Å². The molecule has 13 heavy (non-hydrogen) atoms. The lowest BCUT2D eigenvalue weighted by atomic mass is 10.0. The number of hydrogen-bond acceptors (Lipinski definition) is 2. The Morgan fingerprint density at radius 1 is 1.23 bits per heavy atom. The third-order valence-corrected chi connectivity index (χ3v) is 2.22. The first-order chi connectivity index (χ1) is 6.15. The van der Waals surface area contributed by atoms with Crippen molar-refractivity contribution < 1.29 is 9.84 Å². The van der Waals surface area contributed by atoms with E-state index in [-0.39, 0.29) is 6.10 Å². The molecular formula is C11H16O2. The molecule has 72 valence electrons. The Labute approximate surface area is 79.2 Å². The van der Waals surface area contributed by atoms with E-state index in [0.717, 1.165) is 11.1 Å². The van der Waals surface area contributed by atoms with Crippen molar-refractivity contribution in [1.82, 2.24) is 0 Å². The Morgan fingerprint density at radius 3 is 2.38 bits per heavy atom. The van der Waals surface area contributed by atoms with E-state index in [1.54, 1.807) is 14.0 Å². The van der Waals surface area contributed by atoms with E-state index in [1.165, 1.54) is 0 Å². The second-order valence-electron chi connectivity index (χ2n) is 3.22. The fraction of sp³-hybridized carbons (Fsp3) is 0.455. The third kappa shape index (κ3) is 2.54. The molecule has 2 nitrogen and oxygen atoms in total. The maximum Gasteiger partial charge on any atom is 0.0793 e. The van der Waals surface area contributed by atoms with Crippen LogP contribution in [0.3, 0.4) is 0 Å². The molecule has 1 rings (SSSR count). The summed E-state index contributed by atoms with van der Waals surface area (Å²) in [5.41, 5.74) is 2.03. The Bertz CT molecular complexity index is 269. The van der Waals surface area contributed by atoms with Crippen LogP contribution in [0, 0.1) is 0 Å². The van der Waals surface area contributed by atoms with Gasteiger partial charge in [-0.3, -0.25) is 0 Å². The molecule has 2 heteroatoms. The van der Waals surface area contributed by atoms with Crippen LogP contribution < -0.4 is 0 Å². The molecule has 0 aromatic heterocycles. The van der Waals surface area contributed by atoms with Crippen molar-refractivity contribution in [1.29, 1.82) is 0 Å². The van der Waals surface area contributed by atoms with E-state index < -0.39 is 6.10 Å². The minimum atomic E-state index is -0.413. The first-order valence-electron chi connectivity index (χ1n) is 4.46. The summed E-state index contributed by atoms with van der Waals surface area (Å²) in [6, 6.07) is 7.82. The number of aliphatic hydroxyl groups excluding tert-OH is 1. The van der Waals surface area contributed by atoms with E-state index in [2.05, 4.69) is 0 Å². The van der Waals surface area contributed by atoms with Crippen LogP contribution in [0.5, 0.6) is 0 Å². The summed E-state index contributed by atoms with van der Waals surface area (Å²) in [6.45, 7) is 3.75. The van der Waals surface area contributed by atoms with Crippen molar-refractivity contribution in [3.63, 3.8) is 0 Å². The zero-order valence-corrected chi connectivity index (χ0v) is 8.32. The van der Waals surface area contributed by atoms with Crippen LogP contribution in [-0.2, 0) is 4.74 Å². The van der Waals surface area contributed by atoms with E-state index in [9.17, 15) is 5.11 Å². The first-order valence-corrected chi connectivity index (χ1v) is 4.46. The van der Waals surface area contributed by atoms with Gasteiger partial charge in [-0.15, -0.1) is 0 Å². The molecule has 0 amide bonds. The number of ether oxygens (including phenoxy) is 1. The molecule has 0 radical (unpaired) electrons. The number of methoxy groups -OCH3 is 1. The smallest absolute Gasteiger partial charge is 0.0793 e. The van der Waals surface area contributed by atoms with Gasteiger partial charge in [-0.25, -0.2) is 0 Å². The fourth-order valence-electron chi connectivity index (χ4n) is 1.21. The fourth-order valence-corrected chi connectivity index (χ4v) is 1.21. The van der Waals surface area contributed by atoms with Gasteiger partial charge in [-0.2, -0.15) is 0 Å². The Balaban J connectivity index is 2.91. The van der Waals surface area contributed by atoms with Crippen LogP contribution in [0.15, 0.2) is 24.3 Å². The van der Waals surface area contributed by atoms with Gasteiger partial charge in [0, 0.05) is 7.11 Å². The highest BCUT2D eigenvalue weighted by Crippen LogP contribution is 2.20. The molecule has 0 aliphatic carbocycles.